The Morgan fingerprint density at radius 3 is 2.81 bits per heavy atom. The maximum Gasteiger partial charge on any atom is 0.222 e. The molecule has 0 aromatic carbocycles. The van der Waals surface area contributed by atoms with Crippen molar-refractivity contribution in [1.29, 1.82) is 0 Å². The zero-order chi connectivity index (χ0) is 11.8. The third kappa shape index (κ3) is 4.52. The van der Waals surface area contributed by atoms with Crippen LogP contribution in [0.5, 0.6) is 0 Å². The average Bonchev–Trinajstić information content (AvgIpc) is 2.34. The van der Waals surface area contributed by atoms with Crippen LogP contribution in [0, 0.1) is 5.92 Å². The number of rotatable bonds is 6. The number of nitrogens with zero attached hydrogens (tertiary/aromatic N) is 2. The molecule has 1 aliphatic heterocycles. The van der Waals surface area contributed by atoms with Crippen molar-refractivity contribution < 1.29 is 4.79 Å². The van der Waals surface area contributed by atoms with Crippen molar-refractivity contribution in [2.24, 2.45) is 5.92 Å². The van der Waals surface area contributed by atoms with Crippen LogP contribution in [0.15, 0.2) is 0 Å². The molecule has 16 heavy (non-hydrogen) atoms. The first-order valence-electron chi connectivity index (χ1n) is 6.69. The number of carbonyl (C=O) groups excluding carboxylic acids is 1. The van der Waals surface area contributed by atoms with E-state index >= 15 is 0 Å². The minimum Gasteiger partial charge on any atom is -0.343 e. The summed E-state index contributed by atoms with van der Waals surface area (Å²) >= 11 is 0. The van der Waals surface area contributed by atoms with Crippen molar-refractivity contribution in [3.05, 3.63) is 0 Å². The van der Waals surface area contributed by atoms with Crippen LogP contribution in [0.1, 0.15) is 46.0 Å². The second-order valence-corrected chi connectivity index (χ2v) is 4.65. The molecular weight excluding hydrogens is 200 g/mol. The first-order valence-corrected chi connectivity index (χ1v) is 6.69. The summed E-state index contributed by atoms with van der Waals surface area (Å²) in [6.07, 6.45) is 5.27. The van der Waals surface area contributed by atoms with Gasteiger partial charge in [-0.25, -0.2) is 5.32 Å². The van der Waals surface area contributed by atoms with Gasteiger partial charge in [0.1, 0.15) is 0 Å². The van der Waals surface area contributed by atoms with Crippen molar-refractivity contribution in [2.45, 2.75) is 46.0 Å². The predicted octanol–water partition coefficient (Wildman–Crippen LogP) is 2.04. The molecule has 0 spiro atoms. The van der Waals surface area contributed by atoms with Gasteiger partial charge in [-0.05, 0) is 38.5 Å². The molecule has 0 saturated carbocycles. The molecule has 1 unspecified atom stereocenters. The van der Waals surface area contributed by atoms with E-state index in [0.717, 1.165) is 39.0 Å². The van der Waals surface area contributed by atoms with Crippen LogP contribution in [0.2, 0.25) is 0 Å². The molecule has 1 saturated heterocycles. The summed E-state index contributed by atoms with van der Waals surface area (Å²) in [4.78, 5) is 13.9. The Kier molecular flexibility index (Phi) is 6.46. The second kappa shape index (κ2) is 7.66. The van der Waals surface area contributed by atoms with Gasteiger partial charge in [-0.1, -0.05) is 6.92 Å². The van der Waals surface area contributed by atoms with Gasteiger partial charge in [0.05, 0.1) is 0 Å². The molecular formula is C13H25N2O. The highest BCUT2D eigenvalue weighted by Crippen LogP contribution is 2.17. The van der Waals surface area contributed by atoms with Gasteiger partial charge < -0.3 is 4.90 Å². The molecule has 0 aliphatic carbocycles. The molecule has 3 nitrogen and oxygen atoms in total. The van der Waals surface area contributed by atoms with E-state index in [4.69, 9.17) is 0 Å². The summed E-state index contributed by atoms with van der Waals surface area (Å²) in [5.41, 5.74) is 0. The molecule has 0 aromatic rings. The van der Waals surface area contributed by atoms with Crippen LogP contribution in [0.4, 0.5) is 0 Å². The van der Waals surface area contributed by atoms with E-state index in [-0.39, 0.29) is 0 Å². The summed E-state index contributed by atoms with van der Waals surface area (Å²) in [7, 11) is 0. The fourth-order valence-corrected chi connectivity index (χ4v) is 2.31. The van der Waals surface area contributed by atoms with Gasteiger partial charge in [0.15, 0.2) is 0 Å². The Labute approximate surface area is 99.6 Å². The molecule has 1 amide bonds. The Hall–Kier alpha value is -0.570. The molecule has 1 rings (SSSR count). The predicted molar refractivity (Wildman–Crippen MR) is 66.4 cm³/mol. The van der Waals surface area contributed by atoms with Gasteiger partial charge in [-0.15, -0.1) is 0 Å². The molecule has 93 valence electrons. The minimum atomic E-state index is 0.329. The topological polar surface area (TPSA) is 34.4 Å². The quantitative estimate of drug-likeness (QED) is 0.681. The van der Waals surface area contributed by atoms with Crippen molar-refractivity contribution in [2.75, 3.05) is 26.2 Å². The maximum atomic E-state index is 11.9. The lowest BCUT2D eigenvalue weighted by atomic mass is 9.94. The fraction of sp³-hybridized carbons (Fsp3) is 0.923. The highest BCUT2D eigenvalue weighted by Gasteiger charge is 2.17. The van der Waals surface area contributed by atoms with Crippen molar-refractivity contribution in [3.63, 3.8) is 0 Å². The van der Waals surface area contributed by atoms with Gasteiger partial charge in [-0.3, -0.25) is 4.79 Å². The van der Waals surface area contributed by atoms with E-state index in [1.807, 2.05) is 4.90 Å². The van der Waals surface area contributed by atoms with E-state index in [0.29, 0.717) is 18.2 Å². The van der Waals surface area contributed by atoms with E-state index in [1.165, 1.54) is 12.8 Å². The van der Waals surface area contributed by atoms with Crippen LogP contribution in [0.3, 0.4) is 0 Å². The summed E-state index contributed by atoms with van der Waals surface area (Å²) in [6.45, 7) is 7.94. The Bertz CT molecular complexity index is 200. The van der Waals surface area contributed by atoms with Gasteiger partial charge in [0.2, 0.25) is 5.91 Å². The Morgan fingerprint density at radius 2 is 2.25 bits per heavy atom. The normalized spacial score (nSPS) is 20.8. The Balaban J connectivity index is 2.21. The van der Waals surface area contributed by atoms with E-state index in [1.54, 1.807) is 0 Å². The molecule has 1 fully saturated rings. The molecule has 1 aliphatic rings. The first-order chi connectivity index (χ1) is 7.77. The van der Waals surface area contributed by atoms with Gasteiger partial charge in [-0.2, -0.15) is 0 Å². The monoisotopic (exact) mass is 225 g/mol. The average molecular weight is 225 g/mol. The standard InChI is InChI=1S/C13H25N2O/c1-3-10-15(4-2)13(16)8-7-12-6-5-9-14-11-12/h12H,3-11H2,1-2H3. The van der Waals surface area contributed by atoms with Crippen molar-refractivity contribution in [1.82, 2.24) is 10.2 Å². The summed E-state index contributed by atoms with van der Waals surface area (Å²) in [5, 5.41) is 4.41. The zero-order valence-electron chi connectivity index (χ0n) is 10.7. The largest absolute Gasteiger partial charge is 0.343 e. The number of piperidine rings is 1. The van der Waals surface area contributed by atoms with Crippen LogP contribution in [-0.2, 0) is 4.79 Å². The van der Waals surface area contributed by atoms with Gasteiger partial charge in [0, 0.05) is 32.6 Å². The lowest BCUT2D eigenvalue weighted by Crippen LogP contribution is -2.32. The third-order valence-electron chi connectivity index (χ3n) is 3.31. The number of hydrogen-bond donors (Lipinski definition) is 0. The highest BCUT2D eigenvalue weighted by atomic mass is 16.2. The van der Waals surface area contributed by atoms with Gasteiger partial charge in [0.25, 0.3) is 0 Å². The Morgan fingerprint density at radius 1 is 1.44 bits per heavy atom. The molecule has 0 bridgehead atoms. The molecule has 0 N–H and O–H groups in total. The van der Waals surface area contributed by atoms with Crippen LogP contribution < -0.4 is 5.32 Å². The number of amides is 1. The molecule has 1 heterocycles. The molecule has 1 radical (unpaired) electrons. The summed E-state index contributed by atoms with van der Waals surface area (Å²) in [5.74, 6) is 0.993. The fourth-order valence-electron chi connectivity index (χ4n) is 2.31. The first kappa shape index (κ1) is 13.5. The second-order valence-electron chi connectivity index (χ2n) is 4.65. The van der Waals surface area contributed by atoms with E-state index in [9.17, 15) is 4.79 Å². The summed E-state index contributed by atoms with van der Waals surface area (Å²) < 4.78 is 0. The third-order valence-corrected chi connectivity index (χ3v) is 3.31. The van der Waals surface area contributed by atoms with E-state index < -0.39 is 0 Å². The number of carbonyl (C=O) groups is 1. The SMILES string of the molecule is CCCN(CC)C(=O)CCC1CCC[N]C1. The minimum absolute atomic E-state index is 0.329. The lowest BCUT2D eigenvalue weighted by Gasteiger charge is -2.24. The van der Waals surface area contributed by atoms with Crippen LogP contribution >= 0.6 is 0 Å². The zero-order valence-corrected chi connectivity index (χ0v) is 10.7. The number of hydrogen-bond acceptors (Lipinski definition) is 1. The smallest absolute Gasteiger partial charge is 0.222 e. The van der Waals surface area contributed by atoms with Crippen molar-refractivity contribution in [3.8, 4) is 0 Å². The maximum absolute atomic E-state index is 11.9. The summed E-state index contributed by atoms with van der Waals surface area (Å²) in [6, 6.07) is 0. The highest BCUT2D eigenvalue weighted by molar-refractivity contribution is 5.76. The lowest BCUT2D eigenvalue weighted by molar-refractivity contribution is -0.131. The van der Waals surface area contributed by atoms with Crippen LogP contribution in [-0.4, -0.2) is 37.0 Å². The van der Waals surface area contributed by atoms with Gasteiger partial charge >= 0.3 is 0 Å². The van der Waals surface area contributed by atoms with Crippen LogP contribution in [0.25, 0.3) is 0 Å². The molecule has 3 heteroatoms. The van der Waals surface area contributed by atoms with E-state index in [2.05, 4.69) is 19.2 Å². The van der Waals surface area contributed by atoms with Crippen molar-refractivity contribution >= 4 is 5.91 Å². The molecule has 1 atom stereocenters. The molecule has 0 aromatic heterocycles.